The minimum atomic E-state index is -2.13. The number of benzene rings is 1. The standard InChI is InChI=1S/C21H21N2O/c1-5-15-8-10-17-16-9-7-14(3)19(20(16)24-21(17)22-15)18-11-6-13(2)12-23(18)4/h6-12H,5H2,1-4H3/q+1/i2D3. The molecule has 0 saturated heterocycles. The Bertz CT molecular complexity index is 1180. The zero-order valence-electron chi connectivity index (χ0n) is 17.1. The van der Waals surface area contributed by atoms with E-state index < -0.39 is 6.85 Å². The third kappa shape index (κ3) is 2.20. The van der Waals surface area contributed by atoms with Crippen LogP contribution in [0.1, 0.15) is 27.9 Å². The van der Waals surface area contributed by atoms with Gasteiger partial charge in [0.15, 0.2) is 11.8 Å². The molecule has 3 heterocycles. The van der Waals surface area contributed by atoms with E-state index in [0.717, 1.165) is 45.3 Å². The molecule has 3 heteroatoms. The Morgan fingerprint density at radius 3 is 2.71 bits per heavy atom. The summed E-state index contributed by atoms with van der Waals surface area (Å²) in [6.07, 6.45) is 2.51. The molecule has 0 saturated carbocycles. The molecular weight excluding hydrogens is 296 g/mol. The van der Waals surface area contributed by atoms with E-state index in [9.17, 15) is 0 Å². The molecular formula is C21H21N2O+. The van der Waals surface area contributed by atoms with E-state index in [0.29, 0.717) is 11.3 Å². The van der Waals surface area contributed by atoms with Crippen LogP contribution in [0.3, 0.4) is 0 Å². The lowest BCUT2D eigenvalue weighted by atomic mass is 10.0. The van der Waals surface area contributed by atoms with Crippen molar-refractivity contribution in [3.05, 3.63) is 59.4 Å². The van der Waals surface area contributed by atoms with Crippen LogP contribution in [0.15, 0.2) is 47.0 Å². The molecule has 1 aromatic carbocycles. The molecule has 0 aliphatic heterocycles. The number of hydrogen-bond acceptors (Lipinski definition) is 2. The first-order chi connectivity index (χ1) is 12.8. The lowest BCUT2D eigenvalue weighted by molar-refractivity contribution is -0.660. The molecule has 24 heavy (non-hydrogen) atoms. The van der Waals surface area contributed by atoms with E-state index in [2.05, 4.69) is 30.1 Å². The van der Waals surface area contributed by atoms with Gasteiger partial charge in [-0.2, -0.15) is 0 Å². The van der Waals surface area contributed by atoms with Crippen LogP contribution in [0.2, 0.25) is 0 Å². The molecule has 4 aromatic rings. The maximum Gasteiger partial charge on any atom is 0.227 e. The Hall–Kier alpha value is -2.68. The number of aromatic nitrogens is 2. The predicted octanol–water partition coefficient (Wildman–Crippen LogP) is 4.65. The normalized spacial score (nSPS) is 13.9. The molecule has 0 unspecified atom stereocenters. The average molecular weight is 320 g/mol. The summed E-state index contributed by atoms with van der Waals surface area (Å²) >= 11 is 0. The summed E-state index contributed by atoms with van der Waals surface area (Å²) in [5.74, 6) is 0. The van der Waals surface area contributed by atoms with Crippen LogP contribution in [0, 0.1) is 13.8 Å². The SMILES string of the molecule is [2H]C([2H])([2H])c1ccc(-c2c(C)ccc3c2oc2nc(CC)ccc23)[n+](C)c1. The van der Waals surface area contributed by atoms with Gasteiger partial charge in [0, 0.05) is 32.2 Å². The predicted molar refractivity (Wildman–Crippen MR) is 97.0 cm³/mol. The van der Waals surface area contributed by atoms with Gasteiger partial charge in [-0.15, -0.1) is 0 Å². The maximum atomic E-state index is 7.62. The smallest absolute Gasteiger partial charge is 0.227 e. The summed E-state index contributed by atoms with van der Waals surface area (Å²) in [5, 5.41) is 2.01. The van der Waals surface area contributed by atoms with Crippen LogP contribution in [-0.2, 0) is 13.5 Å². The van der Waals surface area contributed by atoms with E-state index in [1.807, 2.05) is 30.7 Å². The van der Waals surface area contributed by atoms with Gasteiger partial charge >= 0.3 is 0 Å². The van der Waals surface area contributed by atoms with Crippen molar-refractivity contribution in [2.24, 2.45) is 7.05 Å². The Morgan fingerprint density at radius 1 is 1.12 bits per heavy atom. The largest absolute Gasteiger partial charge is 0.437 e. The molecule has 0 spiro atoms. The highest BCUT2D eigenvalue weighted by atomic mass is 16.3. The van der Waals surface area contributed by atoms with Crippen LogP contribution < -0.4 is 4.57 Å². The second-order valence-electron chi connectivity index (χ2n) is 6.16. The fourth-order valence-electron chi connectivity index (χ4n) is 3.24. The Kier molecular flexibility index (Phi) is 2.68. The lowest BCUT2D eigenvalue weighted by Crippen LogP contribution is -2.31. The fraction of sp³-hybridized carbons (Fsp3) is 0.238. The van der Waals surface area contributed by atoms with Gasteiger partial charge in [-0.1, -0.05) is 19.1 Å². The van der Waals surface area contributed by atoms with Crippen molar-refractivity contribution in [1.29, 1.82) is 0 Å². The number of aryl methyl sites for hydroxylation is 4. The Morgan fingerprint density at radius 2 is 1.96 bits per heavy atom. The molecule has 0 aliphatic rings. The highest BCUT2D eigenvalue weighted by Crippen LogP contribution is 2.36. The molecule has 3 aromatic heterocycles. The molecule has 0 aliphatic carbocycles. The van der Waals surface area contributed by atoms with Crippen molar-refractivity contribution in [1.82, 2.24) is 4.98 Å². The second kappa shape index (κ2) is 5.45. The van der Waals surface area contributed by atoms with Gasteiger partial charge in [0.2, 0.25) is 11.4 Å². The summed E-state index contributed by atoms with van der Waals surface area (Å²) in [7, 11) is 1.86. The highest BCUT2D eigenvalue weighted by Gasteiger charge is 2.20. The first kappa shape index (κ1) is 11.8. The van der Waals surface area contributed by atoms with Crippen molar-refractivity contribution >= 4 is 22.1 Å². The van der Waals surface area contributed by atoms with E-state index in [-0.39, 0.29) is 0 Å². The first-order valence-corrected chi connectivity index (χ1v) is 8.12. The zero-order valence-corrected chi connectivity index (χ0v) is 14.1. The van der Waals surface area contributed by atoms with Crippen LogP contribution >= 0.6 is 0 Å². The topological polar surface area (TPSA) is 29.9 Å². The van der Waals surface area contributed by atoms with Crippen molar-refractivity contribution in [3.8, 4) is 11.3 Å². The van der Waals surface area contributed by atoms with Crippen LogP contribution in [0.25, 0.3) is 33.3 Å². The number of hydrogen-bond donors (Lipinski definition) is 0. The summed E-state index contributed by atoms with van der Waals surface area (Å²) in [5.41, 5.74) is 5.66. The maximum absolute atomic E-state index is 7.62. The van der Waals surface area contributed by atoms with Crippen molar-refractivity contribution in [2.75, 3.05) is 0 Å². The van der Waals surface area contributed by atoms with E-state index in [4.69, 9.17) is 8.53 Å². The fourth-order valence-corrected chi connectivity index (χ4v) is 3.24. The Balaban J connectivity index is 2.00. The summed E-state index contributed by atoms with van der Waals surface area (Å²) < 4.78 is 30.9. The van der Waals surface area contributed by atoms with E-state index >= 15 is 0 Å². The van der Waals surface area contributed by atoms with E-state index in [1.54, 1.807) is 12.3 Å². The van der Waals surface area contributed by atoms with Gasteiger partial charge in [0.05, 0.1) is 5.56 Å². The third-order valence-corrected chi connectivity index (χ3v) is 4.52. The van der Waals surface area contributed by atoms with Gasteiger partial charge in [-0.25, -0.2) is 9.55 Å². The lowest BCUT2D eigenvalue weighted by Gasteiger charge is -2.05. The summed E-state index contributed by atoms with van der Waals surface area (Å²) in [6.45, 7) is 1.97. The third-order valence-electron chi connectivity index (χ3n) is 4.52. The second-order valence-corrected chi connectivity index (χ2v) is 6.16. The Labute approximate surface area is 145 Å². The van der Waals surface area contributed by atoms with Crippen molar-refractivity contribution in [2.45, 2.75) is 27.1 Å². The minimum absolute atomic E-state index is 0.317. The average Bonchev–Trinajstić information content (AvgIpc) is 2.98. The highest BCUT2D eigenvalue weighted by molar-refractivity contribution is 6.08. The van der Waals surface area contributed by atoms with Crippen LogP contribution in [-0.4, -0.2) is 4.98 Å². The van der Waals surface area contributed by atoms with Crippen molar-refractivity contribution < 1.29 is 13.1 Å². The molecule has 0 N–H and O–H groups in total. The molecule has 0 radical (unpaired) electrons. The van der Waals surface area contributed by atoms with Gasteiger partial charge < -0.3 is 4.42 Å². The van der Waals surface area contributed by atoms with Gasteiger partial charge in [-0.3, -0.25) is 0 Å². The zero-order chi connectivity index (χ0) is 19.3. The van der Waals surface area contributed by atoms with Crippen LogP contribution in [0.5, 0.6) is 0 Å². The number of furan rings is 1. The summed E-state index contributed by atoms with van der Waals surface area (Å²) in [4.78, 5) is 4.62. The monoisotopic (exact) mass is 320 g/mol. The number of nitrogens with zero attached hydrogens (tertiary/aromatic N) is 2. The minimum Gasteiger partial charge on any atom is -0.437 e. The van der Waals surface area contributed by atoms with Crippen molar-refractivity contribution in [3.63, 3.8) is 0 Å². The molecule has 3 nitrogen and oxygen atoms in total. The molecule has 0 atom stereocenters. The molecule has 0 amide bonds. The quantitative estimate of drug-likeness (QED) is 0.503. The first-order valence-electron chi connectivity index (χ1n) is 9.62. The number of rotatable bonds is 2. The van der Waals surface area contributed by atoms with Crippen LogP contribution in [0.4, 0.5) is 0 Å². The number of pyridine rings is 2. The number of fused-ring (bicyclic) bond motifs is 3. The van der Waals surface area contributed by atoms with E-state index in [1.165, 1.54) is 0 Å². The molecule has 0 fully saturated rings. The summed E-state index contributed by atoms with van der Waals surface area (Å²) in [6, 6.07) is 11.7. The van der Waals surface area contributed by atoms with Gasteiger partial charge in [0.1, 0.15) is 7.05 Å². The molecule has 0 bridgehead atoms. The molecule has 120 valence electrons. The van der Waals surface area contributed by atoms with Gasteiger partial charge in [-0.05, 0) is 44.0 Å². The molecule has 4 rings (SSSR count). The van der Waals surface area contributed by atoms with Gasteiger partial charge in [0.25, 0.3) is 0 Å².